The van der Waals surface area contributed by atoms with Crippen LogP contribution in [0.5, 0.6) is 5.75 Å². The molecule has 2 atom stereocenters. The van der Waals surface area contributed by atoms with E-state index in [-0.39, 0.29) is 6.42 Å². The van der Waals surface area contributed by atoms with Crippen LogP contribution in [0.15, 0.2) is 36.4 Å². The summed E-state index contributed by atoms with van der Waals surface area (Å²) in [6, 6.07) is 11.0. The molecule has 3 aromatic rings. The minimum Gasteiger partial charge on any atom is -0.492 e. The van der Waals surface area contributed by atoms with Gasteiger partial charge in [-0.25, -0.2) is 4.98 Å². The van der Waals surface area contributed by atoms with Gasteiger partial charge in [-0.2, -0.15) is 0 Å². The summed E-state index contributed by atoms with van der Waals surface area (Å²) in [6.07, 6.45) is 1.97. The van der Waals surface area contributed by atoms with Crippen LogP contribution in [0.25, 0.3) is 10.2 Å². The standard InChI is InChI=1S/C23H24Cl2N2O3S/c1-14-13-27(23-26-19-5-3-17(24)12-21(19)31-23)8-6-16(14)7-9-30-20-10-15(11-22(28)29)2-4-18(20)25/h2-5,10,12,14,16H,6-9,11,13H2,1H3,(H,28,29). The molecule has 5 nitrogen and oxygen atoms in total. The minimum atomic E-state index is -0.870. The number of rotatable bonds is 7. The maximum absolute atomic E-state index is 10.9. The van der Waals surface area contributed by atoms with Crippen LogP contribution in [0.1, 0.15) is 25.3 Å². The van der Waals surface area contributed by atoms with Gasteiger partial charge in [0.25, 0.3) is 0 Å². The van der Waals surface area contributed by atoms with Crippen molar-refractivity contribution in [3.8, 4) is 5.75 Å². The van der Waals surface area contributed by atoms with Crippen LogP contribution in [0.2, 0.25) is 10.0 Å². The molecule has 0 spiro atoms. The van der Waals surface area contributed by atoms with Gasteiger partial charge < -0.3 is 14.7 Å². The summed E-state index contributed by atoms with van der Waals surface area (Å²) < 4.78 is 7.03. The number of aliphatic carboxylic acids is 1. The van der Waals surface area contributed by atoms with Gasteiger partial charge in [0.15, 0.2) is 5.13 Å². The molecule has 4 rings (SSSR count). The fraction of sp³-hybridized carbons (Fsp3) is 0.391. The highest BCUT2D eigenvalue weighted by atomic mass is 35.5. The SMILES string of the molecule is CC1CN(c2nc3ccc(Cl)cc3s2)CCC1CCOc1cc(CC(=O)O)ccc1Cl. The smallest absolute Gasteiger partial charge is 0.307 e. The first kappa shape index (κ1) is 22.2. The Labute approximate surface area is 195 Å². The second-order valence-corrected chi connectivity index (χ2v) is 9.91. The number of thiazole rings is 1. The lowest BCUT2D eigenvalue weighted by Gasteiger charge is -2.36. The number of carboxylic acids is 1. The molecule has 0 radical (unpaired) electrons. The monoisotopic (exact) mass is 478 g/mol. The number of anilines is 1. The predicted octanol–water partition coefficient (Wildman–Crippen LogP) is 6.16. The van der Waals surface area contributed by atoms with Crippen LogP contribution in [0.4, 0.5) is 5.13 Å². The summed E-state index contributed by atoms with van der Waals surface area (Å²) in [5.41, 5.74) is 1.68. The number of halogens is 2. The molecule has 0 bridgehead atoms. The summed E-state index contributed by atoms with van der Waals surface area (Å²) in [5, 5.41) is 11.3. The summed E-state index contributed by atoms with van der Waals surface area (Å²) in [4.78, 5) is 18.1. The highest BCUT2D eigenvalue weighted by Crippen LogP contribution is 2.35. The van der Waals surface area contributed by atoms with Gasteiger partial charge in [0.1, 0.15) is 5.75 Å². The van der Waals surface area contributed by atoms with E-state index >= 15 is 0 Å². The highest BCUT2D eigenvalue weighted by Gasteiger charge is 2.27. The summed E-state index contributed by atoms with van der Waals surface area (Å²) in [6.45, 7) is 4.77. The first-order chi connectivity index (χ1) is 14.9. The lowest BCUT2D eigenvalue weighted by Crippen LogP contribution is -2.39. The number of nitrogens with zero attached hydrogens (tertiary/aromatic N) is 2. The molecule has 2 unspecified atom stereocenters. The van der Waals surface area contributed by atoms with E-state index in [0.29, 0.717) is 34.8 Å². The number of carbonyl (C=O) groups is 1. The minimum absolute atomic E-state index is 0.0407. The Morgan fingerprint density at radius 3 is 2.90 bits per heavy atom. The maximum atomic E-state index is 10.9. The lowest BCUT2D eigenvalue weighted by atomic mass is 9.85. The molecule has 1 aliphatic heterocycles. The normalized spacial score (nSPS) is 19.0. The van der Waals surface area contributed by atoms with Crippen molar-refractivity contribution >= 4 is 55.9 Å². The molecule has 1 fully saturated rings. The Kier molecular flexibility index (Phi) is 6.89. The average molecular weight is 479 g/mol. The average Bonchev–Trinajstić information content (AvgIpc) is 3.14. The molecule has 2 aromatic carbocycles. The Morgan fingerprint density at radius 1 is 1.29 bits per heavy atom. The molecule has 0 amide bonds. The van der Waals surface area contributed by atoms with Gasteiger partial charge in [-0.1, -0.05) is 47.5 Å². The summed E-state index contributed by atoms with van der Waals surface area (Å²) >= 11 is 14.0. The molecule has 1 saturated heterocycles. The van der Waals surface area contributed by atoms with Gasteiger partial charge in [-0.3, -0.25) is 4.79 Å². The van der Waals surface area contributed by atoms with Crippen molar-refractivity contribution in [3.63, 3.8) is 0 Å². The number of fused-ring (bicyclic) bond motifs is 1. The number of carboxylic acid groups (broad SMARTS) is 1. The predicted molar refractivity (Wildman–Crippen MR) is 127 cm³/mol. The van der Waals surface area contributed by atoms with Crippen LogP contribution in [0.3, 0.4) is 0 Å². The van der Waals surface area contributed by atoms with E-state index in [4.69, 9.17) is 38.0 Å². The summed E-state index contributed by atoms with van der Waals surface area (Å²) in [5.74, 6) is 0.756. The second-order valence-electron chi connectivity index (χ2n) is 8.05. The number of piperidine rings is 1. The van der Waals surface area contributed by atoms with E-state index in [1.807, 2.05) is 18.2 Å². The lowest BCUT2D eigenvalue weighted by molar-refractivity contribution is -0.136. The first-order valence-electron chi connectivity index (χ1n) is 10.3. The molecule has 1 aliphatic rings. The zero-order valence-corrected chi connectivity index (χ0v) is 19.5. The van der Waals surface area contributed by atoms with Gasteiger partial charge in [-0.15, -0.1) is 0 Å². The molecule has 1 aromatic heterocycles. The number of benzene rings is 2. The fourth-order valence-corrected chi connectivity index (χ4v) is 5.53. The molecule has 31 heavy (non-hydrogen) atoms. The van der Waals surface area contributed by atoms with Crippen LogP contribution >= 0.6 is 34.5 Å². The number of ether oxygens (including phenoxy) is 1. The fourth-order valence-electron chi connectivity index (χ4n) is 4.08. The van der Waals surface area contributed by atoms with Gasteiger partial charge >= 0.3 is 5.97 Å². The van der Waals surface area contributed by atoms with E-state index in [2.05, 4.69) is 11.8 Å². The van der Waals surface area contributed by atoms with Crippen molar-refractivity contribution in [2.45, 2.75) is 26.2 Å². The Bertz CT molecular complexity index is 1090. The Balaban J connectivity index is 1.32. The van der Waals surface area contributed by atoms with Crippen molar-refractivity contribution in [3.05, 3.63) is 52.0 Å². The van der Waals surface area contributed by atoms with Crippen LogP contribution in [0, 0.1) is 11.8 Å². The second kappa shape index (κ2) is 9.63. The highest BCUT2D eigenvalue weighted by molar-refractivity contribution is 7.22. The van der Waals surface area contributed by atoms with Crippen LogP contribution in [-0.2, 0) is 11.2 Å². The molecular weight excluding hydrogens is 455 g/mol. The zero-order valence-electron chi connectivity index (χ0n) is 17.2. The van der Waals surface area contributed by atoms with Crippen LogP contribution in [-0.4, -0.2) is 35.8 Å². The first-order valence-corrected chi connectivity index (χ1v) is 11.9. The van der Waals surface area contributed by atoms with Crippen molar-refractivity contribution in [1.29, 1.82) is 0 Å². The van der Waals surface area contributed by atoms with Gasteiger partial charge in [-0.05, 0) is 60.6 Å². The van der Waals surface area contributed by atoms with Gasteiger partial charge in [0.2, 0.25) is 0 Å². The number of hydrogen-bond donors (Lipinski definition) is 1. The van der Waals surface area contributed by atoms with E-state index in [1.54, 1.807) is 29.5 Å². The molecule has 1 N–H and O–H groups in total. The molecule has 8 heteroatoms. The molecule has 164 valence electrons. The third-order valence-corrected chi connectivity index (χ3v) is 7.42. The molecule has 0 saturated carbocycles. The number of aromatic nitrogens is 1. The quantitative estimate of drug-likeness (QED) is 0.440. The van der Waals surface area contributed by atoms with Gasteiger partial charge in [0, 0.05) is 18.1 Å². The summed E-state index contributed by atoms with van der Waals surface area (Å²) in [7, 11) is 0. The van der Waals surface area contributed by atoms with Crippen molar-refractivity contribution in [2.24, 2.45) is 11.8 Å². The Morgan fingerprint density at radius 2 is 2.13 bits per heavy atom. The molecule has 2 heterocycles. The van der Waals surface area contributed by atoms with Crippen molar-refractivity contribution < 1.29 is 14.6 Å². The van der Waals surface area contributed by atoms with E-state index < -0.39 is 5.97 Å². The van der Waals surface area contributed by atoms with E-state index in [9.17, 15) is 4.79 Å². The molecular formula is C23H24Cl2N2O3S. The molecule has 0 aliphatic carbocycles. The topological polar surface area (TPSA) is 62.7 Å². The van der Waals surface area contributed by atoms with Crippen LogP contribution < -0.4 is 9.64 Å². The van der Waals surface area contributed by atoms with Crippen molar-refractivity contribution in [1.82, 2.24) is 4.98 Å². The maximum Gasteiger partial charge on any atom is 0.307 e. The van der Waals surface area contributed by atoms with Crippen molar-refractivity contribution in [2.75, 3.05) is 24.6 Å². The zero-order chi connectivity index (χ0) is 22.0. The Hall–Kier alpha value is -2.02. The van der Waals surface area contributed by atoms with E-state index in [1.165, 1.54) is 0 Å². The third kappa shape index (κ3) is 5.43. The third-order valence-electron chi connectivity index (χ3n) is 5.79. The number of hydrogen-bond acceptors (Lipinski definition) is 5. The van der Waals surface area contributed by atoms with E-state index in [0.717, 1.165) is 46.3 Å². The van der Waals surface area contributed by atoms with Gasteiger partial charge in [0.05, 0.1) is 28.3 Å². The largest absolute Gasteiger partial charge is 0.492 e.